The van der Waals surface area contributed by atoms with Crippen LogP contribution in [-0.4, -0.2) is 16.3 Å². The van der Waals surface area contributed by atoms with Crippen molar-refractivity contribution in [1.82, 2.24) is 0 Å². The van der Waals surface area contributed by atoms with Crippen molar-refractivity contribution in [2.75, 3.05) is 0 Å². The van der Waals surface area contributed by atoms with Crippen molar-refractivity contribution in [1.29, 1.82) is 0 Å². The maximum absolute atomic E-state index is 2.44. The summed E-state index contributed by atoms with van der Waals surface area (Å²) in [6.45, 7) is 2.44. The lowest BCUT2D eigenvalue weighted by molar-refractivity contribution is 0.404. The highest BCUT2D eigenvalue weighted by Gasteiger charge is 2.19. The second kappa shape index (κ2) is 2.42. The van der Waals surface area contributed by atoms with Crippen molar-refractivity contribution in [2.24, 2.45) is 0 Å². The predicted molar refractivity (Wildman–Crippen MR) is 40.0 cm³/mol. The van der Waals surface area contributed by atoms with Gasteiger partial charge in [-0.15, -0.1) is 0 Å². The van der Waals surface area contributed by atoms with E-state index in [1.165, 1.54) is 48.4 Å². The van der Waals surface area contributed by atoms with Gasteiger partial charge in [0.25, 0.3) is 0 Å². The maximum atomic E-state index is 2.44. The Hall–Kier alpha value is 0.532. The lowest BCUT2D eigenvalue weighted by Crippen LogP contribution is -2.11. The van der Waals surface area contributed by atoms with Gasteiger partial charge < -0.3 is 0 Å². The zero-order chi connectivity index (χ0) is 6.04. The van der Waals surface area contributed by atoms with Crippen molar-refractivity contribution in [3.05, 3.63) is 0 Å². The molecule has 0 amide bonds. The van der Waals surface area contributed by atoms with E-state index < -0.39 is 0 Å². The topological polar surface area (TPSA) is 0 Å². The average Bonchev–Trinajstić information content (AvgIpc) is 1.65. The number of hydrogen-bond acceptors (Lipinski definition) is 0. The Morgan fingerprint density at radius 3 is 1.88 bits per heavy atom. The first-order valence-corrected chi connectivity index (χ1v) is 4.71. The fourth-order valence-corrected chi connectivity index (χ4v) is 2.22. The first-order chi connectivity index (χ1) is 3.71. The summed E-state index contributed by atoms with van der Waals surface area (Å²) in [4.78, 5) is 0. The zero-order valence-corrected chi connectivity index (χ0v) is 8.04. The minimum Gasteiger partial charge on any atom is -0.0823 e. The van der Waals surface area contributed by atoms with Crippen molar-refractivity contribution >= 4 is 16.3 Å². The zero-order valence-electron chi connectivity index (χ0n) is 6.04. The van der Waals surface area contributed by atoms with Gasteiger partial charge in [-0.3, -0.25) is 0 Å². The van der Waals surface area contributed by atoms with Gasteiger partial charge in [-0.2, -0.15) is 0 Å². The van der Waals surface area contributed by atoms with Crippen molar-refractivity contribution in [3.8, 4) is 0 Å². The molecule has 46 valence electrons. The molecule has 0 spiro atoms. The second-order valence-corrected chi connectivity index (χ2v) is 6.14. The van der Waals surface area contributed by atoms with Gasteiger partial charge in [0.15, 0.2) is 0 Å². The van der Waals surface area contributed by atoms with Crippen LogP contribution in [0.4, 0.5) is 0 Å². The SMILES string of the molecule is C[C]1([AlH2])CCCCC1. The summed E-state index contributed by atoms with van der Waals surface area (Å²) < 4.78 is 0.818. The molecule has 0 aliphatic heterocycles. The molecule has 0 nitrogen and oxygen atoms in total. The molecular weight excluding hydrogens is 111 g/mol. The van der Waals surface area contributed by atoms with Crippen LogP contribution in [0.25, 0.3) is 0 Å². The smallest absolute Gasteiger partial charge is 0.0823 e. The van der Waals surface area contributed by atoms with Gasteiger partial charge in [0.1, 0.15) is 0 Å². The first-order valence-electron chi connectivity index (χ1n) is 3.71. The summed E-state index contributed by atoms with van der Waals surface area (Å²) in [6.07, 6.45) is 7.52. The van der Waals surface area contributed by atoms with Crippen LogP contribution < -0.4 is 0 Å². The molecular formula is C7H15Al. The van der Waals surface area contributed by atoms with Gasteiger partial charge in [0, 0.05) is 0 Å². The van der Waals surface area contributed by atoms with Crippen LogP contribution in [0.3, 0.4) is 0 Å². The molecule has 1 aliphatic rings. The van der Waals surface area contributed by atoms with E-state index in [-0.39, 0.29) is 0 Å². The van der Waals surface area contributed by atoms with Gasteiger partial charge in [-0.25, -0.2) is 0 Å². The van der Waals surface area contributed by atoms with Crippen LogP contribution >= 0.6 is 0 Å². The van der Waals surface area contributed by atoms with Crippen LogP contribution in [0.15, 0.2) is 0 Å². The Morgan fingerprint density at radius 2 is 1.62 bits per heavy atom. The second-order valence-electron chi connectivity index (χ2n) is 3.72. The van der Waals surface area contributed by atoms with E-state index in [0.717, 1.165) is 4.28 Å². The predicted octanol–water partition coefficient (Wildman–Crippen LogP) is 1.76. The molecule has 0 atom stereocenters. The largest absolute Gasteiger partial charge is 0.220 e. The van der Waals surface area contributed by atoms with E-state index >= 15 is 0 Å². The number of rotatable bonds is 0. The minimum atomic E-state index is 0.818. The molecule has 1 saturated carbocycles. The lowest BCUT2D eigenvalue weighted by Gasteiger charge is -2.28. The van der Waals surface area contributed by atoms with Crippen molar-refractivity contribution in [2.45, 2.75) is 43.3 Å². The van der Waals surface area contributed by atoms with E-state index in [1.807, 2.05) is 0 Å². The number of hydrogen-bond donors (Lipinski definition) is 0. The third-order valence-corrected chi connectivity index (χ3v) is 3.21. The maximum Gasteiger partial charge on any atom is 0.220 e. The molecule has 0 N–H and O–H groups in total. The molecule has 0 aromatic carbocycles. The van der Waals surface area contributed by atoms with Gasteiger partial charge in [0.2, 0.25) is 16.3 Å². The van der Waals surface area contributed by atoms with E-state index in [0.29, 0.717) is 0 Å². The van der Waals surface area contributed by atoms with Crippen LogP contribution in [0.2, 0.25) is 4.28 Å². The van der Waals surface area contributed by atoms with Gasteiger partial charge >= 0.3 is 0 Å². The fourth-order valence-electron chi connectivity index (χ4n) is 1.51. The van der Waals surface area contributed by atoms with Crippen LogP contribution in [0.5, 0.6) is 0 Å². The molecule has 0 radical (unpaired) electrons. The molecule has 0 aromatic rings. The van der Waals surface area contributed by atoms with Gasteiger partial charge in [-0.1, -0.05) is 43.3 Å². The summed E-state index contributed by atoms with van der Waals surface area (Å²) in [5.41, 5.74) is 0. The average molecular weight is 126 g/mol. The summed E-state index contributed by atoms with van der Waals surface area (Å²) >= 11 is 1.41. The first kappa shape index (κ1) is 6.65. The standard InChI is InChI=1S/C7H13.Al.2H/c1-7-5-3-2-4-6-7;;;/h2-6H2,1H3;;;. The molecule has 0 unspecified atom stereocenters. The molecule has 0 bridgehead atoms. The normalized spacial score (nSPS) is 27.6. The monoisotopic (exact) mass is 126 g/mol. The summed E-state index contributed by atoms with van der Waals surface area (Å²) in [5.74, 6) is 0. The molecule has 0 aromatic heterocycles. The Balaban J connectivity index is 2.33. The third kappa shape index (κ3) is 1.80. The summed E-state index contributed by atoms with van der Waals surface area (Å²) in [5, 5.41) is 0. The van der Waals surface area contributed by atoms with E-state index in [1.54, 1.807) is 0 Å². The van der Waals surface area contributed by atoms with E-state index in [2.05, 4.69) is 6.92 Å². The van der Waals surface area contributed by atoms with Crippen LogP contribution in [0.1, 0.15) is 39.0 Å². The minimum absolute atomic E-state index is 0.818. The van der Waals surface area contributed by atoms with Gasteiger partial charge in [0.05, 0.1) is 0 Å². The van der Waals surface area contributed by atoms with E-state index in [4.69, 9.17) is 0 Å². The van der Waals surface area contributed by atoms with Crippen molar-refractivity contribution in [3.63, 3.8) is 0 Å². The molecule has 1 fully saturated rings. The highest BCUT2D eigenvalue weighted by molar-refractivity contribution is 6.14. The molecule has 1 heteroatoms. The molecule has 1 aliphatic carbocycles. The Morgan fingerprint density at radius 1 is 1.12 bits per heavy atom. The molecule has 0 saturated heterocycles. The highest BCUT2D eigenvalue weighted by Crippen LogP contribution is 2.38. The van der Waals surface area contributed by atoms with Gasteiger partial charge in [-0.05, 0) is 0 Å². The van der Waals surface area contributed by atoms with Crippen LogP contribution in [0, 0.1) is 0 Å². The van der Waals surface area contributed by atoms with E-state index in [9.17, 15) is 0 Å². The van der Waals surface area contributed by atoms with Crippen LogP contribution in [-0.2, 0) is 0 Å². The van der Waals surface area contributed by atoms with Crippen molar-refractivity contribution < 1.29 is 0 Å². The quantitative estimate of drug-likeness (QED) is 0.434. The third-order valence-electron chi connectivity index (χ3n) is 2.21. The highest BCUT2D eigenvalue weighted by atomic mass is 27.0. The summed E-state index contributed by atoms with van der Waals surface area (Å²) in [7, 11) is 0. The Labute approximate surface area is 60.1 Å². The Kier molecular flexibility index (Phi) is 2.01. The Bertz CT molecular complexity index is 68.5. The lowest BCUT2D eigenvalue weighted by atomic mass is 9.90. The summed E-state index contributed by atoms with van der Waals surface area (Å²) in [6, 6.07) is 0. The molecule has 1 rings (SSSR count). The molecule has 8 heavy (non-hydrogen) atoms. The fraction of sp³-hybridized carbons (Fsp3) is 1.00. The molecule has 0 heterocycles.